The van der Waals surface area contributed by atoms with E-state index in [1.165, 1.54) is 11.8 Å². The second kappa shape index (κ2) is 10.9. The largest absolute Gasteiger partial charge is 0.378 e. The molecule has 176 valence electrons. The van der Waals surface area contributed by atoms with E-state index in [-0.39, 0.29) is 23.6 Å². The summed E-state index contributed by atoms with van der Waals surface area (Å²) in [5, 5.41) is 1.23. The van der Waals surface area contributed by atoms with Gasteiger partial charge in [0.2, 0.25) is 5.91 Å². The van der Waals surface area contributed by atoms with Crippen molar-refractivity contribution in [2.75, 3.05) is 56.6 Å². The highest BCUT2D eigenvalue weighted by atomic mass is 35.5. The third kappa shape index (κ3) is 5.90. The van der Waals surface area contributed by atoms with Gasteiger partial charge in [0.25, 0.3) is 5.91 Å². The normalized spacial score (nSPS) is 19.0. The smallest absolute Gasteiger partial charge is 0.255 e. The van der Waals surface area contributed by atoms with Crippen LogP contribution in [0.4, 0.5) is 5.82 Å². The van der Waals surface area contributed by atoms with Crippen molar-refractivity contribution in [2.24, 2.45) is 0 Å². The summed E-state index contributed by atoms with van der Waals surface area (Å²) in [5.74, 6) is 0.893. The van der Waals surface area contributed by atoms with Gasteiger partial charge < -0.3 is 19.4 Å². The molecule has 0 radical (unpaired) electrons. The number of nitrogens with zero attached hydrogens (tertiary/aromatic N) is 5. The van der Waals surface area contributed by atoms with Crippen LogP contribution in [0.25, 0.3) is 0 Å². The second-order valence-corrected chi connectivity index (χ2v) is 9.62. The topological polar surface area (TPSA) is 78.9 Å². The van der Waals surface area contributed by atoms with Crippen LogP contribution in [-0.2, 0) is 9.53 Å². The Hall–Kier alpha value is -2.07. The molecular formula is C22H25Cl2N5O3S. The minimum atomic E-state index is -0.0775. The van der Waals surface area contributed by atoms with Crippen molar-refractivity contribution in [2.45, 2.75) is 18.1 Å². The summed E-state index contributed by atoms with van der Waals surface area (Å²) in [6, 6.07) is 8.76. The van der Waals surface area contributed by atoms with Crippen molar-refractivity contribution in [1.29, 1.82) is 0 Å². The summed E-state index contributed by atoms with van der Waals surface area (Å²) >= 11 is 13.8. The summed E-state index contributed by atoms with van der Waals surface area (Å²) in [7, 11) is 0. The first-order valence-electron chi connectivity index (χ1n) is 10.8. The Morgan fingerprint density at radius 1 is 1.12 bits per heavy atom. The molecule has 2 fully saturated rings. The highest BCUT2D eigenvalue weighted by molar-refractivity contribution is 7.99. The molecule has 2 aromatic rings. The van der Waals surface area contributed by atoms with E-state index in [4.69, 9.17) is 27.9 Å². The van der Waals surface area contributed by atoms with Gasteiger partial charge in [0.05, 0.1) is 29.6 Å². The van der Waals surface area contributed by atoms with Crippen LogP contribution < -0.4 is 4.90 Å². The molecule has 8 nitrogen and oxygen atoms in total. The fraction of sp³-hybridized carbons (Fsp3) is 0.455. The van der Waals surface area contributed by atoms with Gasteiger partial charge in [-0.15, -0.1) is 0 Å². The molecule has 0 N–H and O–H groups in total. The van der Waals surface area contributed by atoms with Crippen LogP contribution in [0.5, 0.6) is 0 Å². The van der Waals surface area contributed by atoms with Crippen LogP contribution >= 0.6 is 35.0 Å². The first-order chi connectivity index (χ1) is 15.9. The van der Waals surface area contributed by atoms with E-state index in [9.17, 15) is 9.59 Å². The zero-order valence-corrected chi connectivity index (χ0v) is 20.6. The number of anilines is 1. The number of benzene rings is 1. The zero-order valence-electron chi connectivity index (χ0n) is 18.2. The van der Waals surface area contributed by atoms with E-state index in [2.05, 4.69) is 14.9 Å². The number of hydrogen-bond acceptors (Lipinski definition) is 7. The van der Waals surface area contributed by atoms with E-state index in [0.717, 1.165) is 0 Å². The van der Waals surface area contributed by atoms with E-state index < -0.39 is 0 Å². The minimum absolute atomic E-state index is 0.0359. The van der Waals surface area contributed by atoms with Gasteiger partial charge in [-0.2, -0.15) is 0 Å². The number of aromatic nitrogens is 2. The van der Waals surface area contributed by atoms with E-state index in [1.807, 2.05) is 24.0 Å². The van der Waals surface area contributed by atoms with Gasteiger partial charge in [-0.25, -0.2) is 9.97 Å². The standard InChI is InChI=1S/C22H25Cl2N5O3S/c1-15-13-28(6-7-29(15)21(31)16-4-2-3-5-17(16)23)19-12-18(24)25-22(26-19)33-14-20(30)27-8-10-32-11-9-27/h2-5,12,15H,6-11,13-14H2,1H3. The number of amides is 2. The van der Waals surface area contributed by atoms with Crippen LogP contribution in [0, 0.1) is 0 Å². The van der Waals surface area contributed by atoms with Gasteiger partial charge >= 0.3 is 0 Å². The molecule has 1 aromatic carbocycles. The molecule has 4 rings (SSSR count). The molecule has 0 saturated carbocycles. The summed E-state index contributed by atoms with van der Waals surface area (Å²) in [5.41, 5.74) is 0.508. The number of halogens is 2. The number of hydrogen-bond donors (Lipinski definition) is 0. The quantitative estimate of drug-likeness (QED) is 0.348. The average Bonchev–Trinajstić information content (AvgIpc) is 2.82. The summed E-state index contributed by atoms with van der Waals surface area (Å²) < 4.78 is 5.29. The Bertz CT molecular complexity index is 1020. The lowest BCUT2D eigenvalue weighted by Crippen LogP contribution is -2.54. The average molecular weight is 510 g/mol. The lowest BCUT2D eigenvalue weighted by Gasteiger charge is -2.40. The molecule has 2 aliphatic rings. The van der Waals surface area contributed by atoms with Crippen molar-refractivity contribution < 1.29 is 14.3 Å². The molecule has 2 saturated heterocycles. The SMILES string of the molecule is CC1CN(c2cc(Cl)nc(SCC(=O)N3CCOCC3)n2)CCN1C(=O)c1ccccc1Cl. The number of thioether (sulfide) groups is 1. The number of carbonyl (C=O) groups excluding carboxylic acids is 2. The van der Waals surface area contributed by atoms with Crippen molar-refractivity contribution >= 4 is 52.6 Å². The van der Waals surface area contributed by atoms with Gasteiger partial charge in [-0.1, -0.05) is 47.1 Å². The van der Waals surface area contributed by atoms with Gasteiger partial charge in [-0.05, 0) is 19.1 Å². The third-order valence-corrected chi connectivity index (χ3v) is 7.02. The maximum atomic E-state index is 13.0. The first kappa shape index (κ1) is 24.1. The highest BCUT2D eigenvalue weighted by Crippen LogP contribution is 2.26. The van der Waals surface area contributed by atoms with Gasteiger partial charge in [0.1, 0.15) is 11.0 Å². The Labute approximate surface area is 207 Å². The number of piperazine rings is 1. The lowest BCUT2D eigenvalue weighted by atomic mass is 10.1. The molecule has 0 aliphatic carbocycles. The number of ether oxygens (including phenoxy) is 1. The monoisotopic (exact) mass is 509 g/mol. The predicted octanol–water partition coefficient (Wildman–Crippen LogP) is 3.09. The second-order valence-electron chi connectivity index (χ2n) is 7.89. The Morgan fingerprint density at radius 2 is 1.88 bits per heavy atom. The van der Waals surface area contributed by atoms with Crippen molar-refractivity contribution in [3.8, 4) is 0 Å². The molecule has 3 heterocycles. The number of morpholine rings is 1. The predicted molar refractivity (Wildman–Crippen MR) is 129 cm³/mol. The molecular weight excluding hydrogens is 485 g/mol. The fourth-order valence-electron chi connectivity index (χ4n) is 3.90. The summed E-state index contributed by atoms with van der Waals surface area (Å²) in [4.78, 5) is 40.0. The maximum absolute atomic E-state index is 13.0. The van der Waals surface area contributed by atoms with E-state index in [0.29, 0.717) is 72.7 Å². The molecule has 11 heteroatoms. The van der Waals surface area contributed by atoms with Gasteiger partial charge in [0, 0.05) is 44.8 Å². The highest BCUT2D eigenvalue weighted by Gasteiger charge is 2.30. The van der Waals surface area contributed by atoms with Crippen LogP contribution in [0.2, 0.25) is 10.2 Å². The maximum Gasteiger partial charge on any atom is 0.255 e. The molecule has 1 unspecified atom stereocenters. The molecule has 0 spiro atoms. The molecule has 0 bridgehead atoms. The van der Waals surface area contributed by atoms with Crippen molar-refractivity contribution in [3.05, 3.63) is 46.1 Å². The summed E-state index contributed by atoms with van der Waals surface area (Å²) in [6.45, 7) is 6.08. The van der Waals surface area contributed by atoms with Crippen LogP contribution in [-0.4, -0.2) is 89.3 Å². The molecule has 33 heavy (non-hydrogen) atoms. The van der Waals surface area contributed by atoms with Crippen molar-refractivity contribution in [3.63, 3.8) is 0 Å². The zero-order chi connectivity index (χ0) is 23.4. The molecule has 2 aliphatic heterocycles. The number of carbonyl (C=O) groups is 2. The molecule has 2 amide bonds. The summed E-state index contributed by atoms with van der Waals surface area (Å²) in [6.07, 6.45) is 0. The van der Waals surface area contributed by atoms with Crippen LogP contribution in [0.1, 0.15) is 17.3 Å². The van der Waals surface area contributed by atoms with Gasteiger partial charge in [-0.3, -0.25) is 9.59 Å². The lowest BCUT2D eigenvalue weighted by molar-refractivity contribution is -0.132. The first-order valence-corrected chi connectivity index (χ1v) is 12.5. The third-order valence-electron chi connectivity index (χ3n) is 5.67. The van der Waals surface area contributed by atoms with E-state index >= 15 is 0 Å². The Kier molecular flexibility index (Phi) is 7.95. The Morgan fingerprint density at radius 3 is 2.61 bits per heavy atom. The number of rotatable bonds is 5. The molecule has 1 aromatic heterocycles. The minimum Gasteiger partial charge on any atom is -0.378 e. The van der Waals surface area contributed by atoms with E-state index in [1.54, 1.807) is 23.1 Å². The Balaban J connectivity index is 1.39. The molecule has 1 atom stereocenters. The van der Waals surface area contributed by atoms with Crippen LogP contribution in [0.3, 0.4) is 0 Å². The van der Waals surface area contributed by atoms with Crippen molar-refractivity contribution in [1.82, 2.24) is 19.8 Å². The van der Waals surface area contributed by atoms with Crippen LogP contribution in [0.15, 0.2) is 35.5 Å². The fourth-order valence-corrected chi connectivity index (χ4v) is 5.10. The van der Waals surface area contributed by atoms with Gasteiger partial charge in [0.15, 0.2) is 5.16 Å².